The molecule has 1 atom stereocenters. The summed E-state index contributed by atoms with van der Waals surface area (Å²) in [5.74, 6) is -0.950. The molecule has 0 bridgehead atoms. The second-order valence-electron chi connectivity index (χ2n) is 5.86. The van der Waals surface area contributed by atoms with Gasteiger partial charge in [0.15, 0.2) is 0 Å². The fourth-order valence-electron chi connectivity index (χ4n) is 2.99. The highest BCUT2D eigenvalue weighted by atomic mass is 16.4. The number of hydrogen-bond acceptors (Lipinski definition) is 3. The van der Waals surface area contributed by atoms with Gasteiger partial charge in [0.25, 0.3) is 0 Å². The molecule has 0 aromatic carbocycles. The van der Waals surface area contributed by atoms with Gasteiger partial charge in [-0.2, -0.15) is 0 Å². The third-order valence-electron chi connectivity index (χ3n) is 4.00. The summed E-state index contributed by atoms with van der Waals surface area (Å²) < 4.78 is 0. The van der Waals surface area contributed by atoms with Crippen molar-refractivity contribution in [3.63, 3.8) is 0 Å². The minimum atomic E-state index is -0.877. The van der Waals surface area contributed by atoms with Crippen LogP contribution >= 0.6 is 0 Å². The van der Waals surface area contributed by atoms with E-state index >= 15 is 0 Å². The summed E-state index contributed by atoms with van der Waals surface area (Å²) in [5.41, 5.74) is 0. The predicted molar refractivity (Wildman–Crippen MR) is 83.4 cm³/mol. The lowest BCUT2D eigenvalue weighted by Gasteiger charge is -2.25. The topological polar surface area (TPSA) is 77.9 Å². The summed E-state index contributed by atoms with van der Waals surface area (Å²) in [6.45, 7) is 6.13. The van der Waals surface area contributed by atoms with Crippen molar-refractivity contribution in [3.05, 3.63) is 0 Å². The standard InChI is InChI=1S/C16H28N2O4/c1-3-9-17(10-4-2)14(19)7-8-15(20)18-11-5-6-13(18)12-16(21)22/h13H,3-12H2,1-2H3,(H,21,22). The predicted octanol–water partition coefficient (Wildman–Crippen LogP) is 1.88. The fourth-order valence-corrected chi connectivity index (χ4v) is 2.99. The van der Waals surface area contributed by atoms with Crippen molar-refractivity contribution in [2.45, 2.75) is 64.8 Å². The molecule has 1 aliphatic heterocycles. The molecule has 0 radical (unpaired) electrons. The first-order valence-electron chi connectivity index (χ1n) is 8.28. The Morgan fingerprint density at radius 2 is 1.77 bits per heavy atom. The van der Waals surface area contributed by atoms with Crippen molar-refractivity contribution in [1.29, 1.82) is 0 Å². The molecule has 6 heteroatoms. The van der Waals surface area contributed by atoms with Crippen molar-refractivity contribution in [2.75, 3.05) is 19.6 Å². The molecule has 1 saturated heterocycles. The zero-order valence-electron chi connectivity index (χ0n) is 13.7. The van der Waals surface area contributed by atoms with Gasteiger partial charge in [-0.25, -0.2) is 0 Å². The van der Waals surface area contributed by atoms with Crippen molar-refractivity contribution < 1.29 is 19.5 Å². The second kappa shape index (κ2) is 9.43. The molecule has 1 N–H and O–H groups in total. The number of carbonyl (C=O) groups excluding carboxylic acids is 2. The number of likely N-dealkylation sites (tertiary alicyclic amines) is 1. The van der Waals surface area contributed by atoms with E-state index in [0.29, 0.717) is 6.54 Å². The van der Waals surface area contributed by atoms with Gasteiger partial charge in [0, 0.05) is 38.5 Å². The Morgan fingerprint density at radius 1 is 1.14 bits per heavy atom. The van der Waals surface area contributed by atoms with Crippen LogP contribution in [0, 0.1) is 0 Å². The van der Waals surface area contributed by atoms with Crippen LogP contribution in [0.15, 0.2) is 0 Å². The van der Waals surface area contributed by atoms with Crippen LogP contribution < -0.4 is 0 Å². The number of carboxylic acids is 1. The Balaban J connectivity index is 2.46. The van der Waals surface area contributed by atoms with Crippen LogP contribution in [0.5, 0.6) is 0 Å². The van der Waals surface area contributed by atoms with Gasteiger partial charge in [-0.1, -0.05) is 13.8 Å². The second-order valence-corrected chi connectivity index (χ2v) is 5.86. The maximum absolute atomic E-state index is 12.2. The molecule has 1 unspecified atom stereocenters. The quantitative estimate of drug-likeness (QED) is 0.705. The monoisotopic (exact) mass is 312 g/mol. The lowest BCUT2D eigenvalue weighted by Crippen LogP contribution is -2.38. The average Bonchev–Trinajstić information content (AvgIpc) is 2.91. The molecule has 2 amide bonds. The maximum Gasteiger partial charge on any atom is 0.305 e. The van der Waals surface area contributed by atoms with Gasteiger partial charge >= 0.3 is 5.97 Å². The van der Waals surface area contributed by atoms with E-state index in [2.05, 4.69) is 0 Å². The summed E-state index contributed by atoms with van der Waals surface area (Å²) in [6, 6.07) is -0.206. The minimum absolute atomic E-state index is 0.00250. The highest BCUT2D eigenvalue weighted by Gasteiger charge is 2.30. The number of carbonyl (C=O) groups is 3. The molecule has 0 spiro atoms. The molecule has 1 heterocycles. The van der Waals surface area contributed by atoms with Gasteiger partial charge in [0.2, 0.25) is 11.8 Å². The van der Waals surface area contributed by atoms with Crippen LogP contribution in [0.2, 0.25) is 0 Å². The molecular weight excluding hydrogens is 284 g/mol. The smallest absolute Gasteiger partial charge is 0.305 e. The van der Waals surface area contributed by atoms with Gasteiger partial charge in [0.1, 0.15) is 0 Å². The summed E-state index contributed by atoms with van der Waals surface area (Å²) in [4.78, 5) is 38.7. The van der Waals surface area contributed by atoms with Crippen LogP contribution in [0.1, 0.15) is 58.8 Å². The molecular formula is C16H28N2O4. The van der Waals surface area contributed by atoms with Crippen molar-refractivity contribution in [3.8, 4) is 0 Å². The van der Waals surface area contributed by atoms with Crippen LogP contribution in [0.25, 0.3) is 0 Å². The molecule has 0 aromatic heterocycles. The van der Waals surface area contributed by atoms with Gasteiger partial charge in [0.05, 0.1) is 6.42 Å². The van der Waals surface area contributed by atoms with E-state index < -0.39 is 5.97 Å². The van der Waals surface area contributed by atoms with Gasteiger partial charge in [-0.15, -0.1) is 0 Å². The summed E-state index contributed by atoms with van der Waals surface area (Å²) >= 11 is 0. The van der Waals surface area contributed by atoms with E-state index in [4.69, 9.17) is 5.11 Å². The molecule has 0 aliphatic carbocycles. The van der Waals surface area contributed by atoms with Crippen molar-refractivity contribution in [2.24, 2.45) is 0 Å². The van der Waals surface area contributed by atoms with Crippen LogP contribution in [-0.2, 0) is 14.4 Å². The minimum Gasteiger partial charge on any atom is -0.481 e. The van der Waals surface area contributed by atoms with Gasteiger partial charge in [-0.05, 0) is 25.7 Å². The molecule has 1 rings (SSSR count). The Bertz CT molecular complexity index is 392. The first-order valence-corrected chi connectivity index (χ1v) is 8.28. The highest BCUT2D eigenvalue weighted by molar-refractivity contribution is 5.84. The largest absolute Gasteiger partial charge is 0.481 e. The molecule has 126 valence electrons. The van der Waals surface area contributed by atoms with Crippen LogP contribution in [0.4, 0.5) is 0 Å². The lowest BCUT2D eigenvalue weighted by molar-refractivity contribution is -0.141. The number of hydrogen-bond donors (Lipinski definition) is 1. The van der Waals surface area contributed by atoms with E-state index in [0.717, 1.165) is 38.8 Å². The number of nitrogens with zero attached hydrogens (tertiary/aromatic N) is 2. The van der Waals surface area contributed by atoms with E-state index in [1.165, 1.54) is 0 Å². The number of carboxylic acid groups (broad SMARTS) is 1. The lowest BCUT2D eigenvalue weighted by atomic mass is 10.1. The van der Waals surface area contributed by atoms with E-state index in [-0.39, 0.29) is 37.1 Å². The number of amides is 2. The highest BCUT2D eigenvalue weighted by Crippen LogP contribution is 2.21. The Hall–Kier alpha value is -1.59. The maximum atomic E-state index is 12.2. The summed E-state index contributed by atoms with van der Waals surface area (Å²) in [6.07, 6.45) is 3.80. The Kier molecular flexibility index (Phi) is 7.91. The number of aliphatic carboxylic acids is 1. The summed E-state index contributed by atoms with van der Waals surface area (Å²) in [7, 11) is 0. The zero-order valence-corrected chi connectivity index (χ0v) is 13.7. The molecule has 1 aliphatic rings. The Morgan fingerprint density at radius 3 is 2.32 bits per heavy atom. The van der Waals surface area contributed by atoms with Crippen molar-refractivity contribution >= 4 is 17.8 Å². The fraction of sp³-hybridized carbons (Fsp3) is 0.812. The van der Waals surface area contributed by atoms with E-state index in [1.807, 2.05) is 18.7 Å². The third kappa shape index (κ3) is 5.66. The first-order chi connectivity index (χ1) is 10.5. The van der Waals surface area contributed by atoms with Crippen LogP contribution in [0.3, 0.4) is 0 Å². The third-order valence-corrected chi connectivity index (χ3v) is 4.00. The average molecular weight is 312 g/mol. The zero-order chi connectivity index (χ0) is 16.5. The van der Waals surface area contributed by atoms with Crippen LogP contribution in [-0.4, -0.2) is 58.4 Å². The first kappa shape index (κ1) is 18.5. The summed E-state index contributed by atoms with van der Waals surface area (Å²) in [5, 5.41) is 8.88. The molecule has 6 nitrogen and oxygen atoms in total. The SMILES string of the molecule is CCCN(CCC)C(=O)CCC(=O)N1CCCC1CC(=O)O. The van der Waals surface area contributed by atoms with Gasteiger partial charge in [-0.3, -0.25) is 14.4 Å². The normalized spacial score (nSPS) is 17.5. The van der Waals surface area contributed by atoms with E-state index in [1.54, 1.807) is 4.90 Å². The van der Waals surface area contributed by atoms with E-state index in [9.17, 15) is 14.4 Å². The van der Waals surface area contributed by atoms with Gasteiger partial charge < -0.3 is 14.9 Å². The molecule has 22 heavy (non-hydrogen) atoms. The number of rotatable bonds is 9. The molecule has 0 aromatic rings. The molecule has 0 saturated carbocycles. The molecule has 1 fully saturated rings. The Labute approximate surface area is 132 Å². The van der Waals surface area contributed by atoms with Crippen molar-refractivity contribution in [1.82, 2.24) is 9.80 Å².